The number of hydrogen-bond donors (Lipinski definition) is 0. The second-order valence-electron chi connectivity index (χ2n) is 10.5. The van der Waals surface area contributed by atoms with E-state index in [-0.39, 0.29) is 0 Å². The largest absolute Gasteiger partial charge is 0.495 e. The average molecular weight is 459 g/mol. The van der Waals surface area contributed by atoms with Gasteiger partial charge < -0.3 is 9.31 Å². The Bertz CT molecular complexity index is 964. The molecule has 0 atom stereocenters. The first-order chi connectivity index (χ1) is 15.3. The van der Waals surface area contributed by atoms with Gasteiger partial charge in [0.15, 0.2) is 0 Å². The third-order valence-electron chi connectivity index (χ3n) is 7.40. The summed E-state index contributed by atoms with van der Waals surface area (Å²) in [5.74, 6) is 0.295. The number of nitrogens with zero attached hydrogens (tertiary/aromatic N) is 1. The number of benzene rings is 2. The van der Waals surface area contributed by atoms with Gasteiger partial charge in [-0.1, -0.05) is 48.0 Å². The Balaban J connectivity index is 1.51. The monoisotopic (exact) mass is 459 g/mol. The first-order valence-electron chi connectivity index (χ1n) is 11.7. The minimum Gasteiger partial charge on any atom is -0.399 e. The molecule has 2 aromatic carbocycles. The molecule has 0 unspecified atom stereocenters. The topological polar surface area (TPSA) is 21.7 Å². The van der Waals surface area contributed by atoms with E-state index in [1.54, 1.807) is 0 Å². The van der Waals surface area contributed by atoms with Gasteiger partial charge in [-0.15, -0.1) is 0 Å². The van der Waals surface area contributed by atoms with Crippen LogP contribution in [0.3, 0.4) is 0 Å². The number of piperidine rings is 1. The van der Waals surface area contributed by atoms with Crippen LogP contribution in [0.1, 0.15) is 57.6 Å². The lowest BCUT2D eigenvalue weighted by Gasteiger charge is -2.32. The summed E-state index contributed by atoms with van der Waals surface area (Å²) in [4.78, 5) is 1.51. The highest BCUT2D eigenvalue weighted by Crippen LogP contribution is 2.38. The van der Waals surface area contributed by atoms with Crippen LogP contribution in [-0.2, 0) is 9.31 Å². The van der Waals surface area contributed by atoms with Crippen molar-refractivity contribution in [3.8, 4) is 11.1 Å². The van der Waals surface area contributed by atoms with Crippen molar-refractivity contribution in [3.05, 3.63) is 53.6 Å². The second-order valence-corrected chi connectivity index (χ2v) is 10.5. The van der Waals surface area contributed by atoms with E-state index in [1.165, 1.54) is 10.5 Å². The summed E-state index contributed by atoms with van der Waals surface area (Å²) in [7, 11) is -0.442. The Labute approximate surface area is 195 Å². The maximum Gasteiger partial charge on any atom is 0.495 e. The molecule has 2 aliphatic rings. The lowest BCUT2D eigenvalue weighted by atomic mass is 9.73. The van der Waals surface area contributed by atoms with E-state index in [0.29, 0.717) is 19.0 Å². The molecule has 178 valence electrons. The standard InChI is InChI=1S/C26H33BF3NO2/c1-18-6-11-22(23(16-18)27-32-24(2,3)25(4,5)33-27)21-9-7-19(8-10-21)20-12-14-31(15-13-20)17-26(28,29)30/h6-11,16,20H,12-15,17H2,1-5H3. The van der Waals surface area contributed by atoms with E-state index in [9.17, 15) is 13.2 Å². The van der Waals surface area contributed by atoms with E-state index < -0.39 is 31.0 Å². The van der Waals surface area contributed by atoms with E-state index in [2.05, 4.69) is 77.1 Å². The van der Waals surface area contributed by atoms with E-state index in [1.807, 2.05) is 0 Å². The van der Waals surface area contributed by atoms with Crippen LogP contribution < -0.4 is 5.46 Å². The Kier molecular flexibility index (Phi) is 6.45. The van der Waals surface area contributed by atoms with E-state index in [4.69, 9.17) is 9.31 Å². The van der Waals surface area contributed by atoms with Crippen molar-refractivity contribution in [2.24, 2.45) is 0 Å². The minimum absolute atomic E-state index is 0.295. The van der Waals surface area contributed by atoms with Crippen molar-refractivity contribution in [1.29, 1.82) is 0 Å². The van der Waals surface area contributed by atoms with Crippen molar-refractivity contribution in [1.82, 2.24) is 4.90 Å². The van der Waals surface area contributed by atoms with E-state index >= 15 is 0 Å². The molecule has 2 aliphatic heterocycles. The first-order valence-corrected chi connectivity index (χ1v) is 11.7. The molecule has 4 rings (SSSR count). The summed E-state index contributed by atoms with van der Waals surface area (Å²) in [5, 5.41) is 0. The van der Waals surface area contributed by atoms with Crippen LogP contribution in [0, 0.1) is 6.92 Å². The van der Waals surface area contributed by atoms with Crippen LogP contribution in [0.4, 0.5) is 13.2 Å². The van der Waals surface area contributed by atoms with Gasteiger partial charge >= 0.3 is 13.3 Å². The summed E-state index contributed by atoms with van der Waals surface area (Å²) in [6.07, 6.45) is -2.63. The Hall–Kier alpha value is -1.83. The van der Waals surface area contributed by atoms with Crippen LogP contribution >= 0.6 is 0 Å². The van der Waals surface area contributed by atoms with E-state index in [0.717, 1.165) is 35.0 Å². The highest BCUT2D eigenvalue weighted by Gasteiger charge is 2.52. The molecule has 2 saturated heterocycles. The Morgan fingerprint density at radius 3 is 2.06 bits per heavy atom. The maximum absolute atomic E-state index is 12.7. The summed E-state index contributed by atoms with van der Waals surface area (Å²) in [6.45, 7) is 10.4. The number of aryl methyl sites for hydroxylation is 1. The van der Waals surface area contributed by atoms with Gasteiger partial charge in [-0.25, -0.2) is 0 Å². The van der Waals surface area contributed by atoms with Crippen LogP contribution in [0.15, 0.2) is 42.5 Å². The molecule has 0 N–H and O–H groups in total. The molecule has 2 aromatic rings. The Morgan fingerprint density at radius 2 is 1.52 bits per heavy atom. The number of alkyl halides is 3. The quantitative estimate of drug-likeness (QED) is 0.548. The van der Waals surface area contributed by atoms with Crippen molar-refractivity contribution < 1.29 is 22.5 Å². The van der Waals surface area contributed by atoms with Gasteiger partial charge in [0.25, 0.3) is 0 Å². The van der Waals surface area contributed by atoms with Gasteiger partial charge in [-0.2, -0.15) is 13.2 Å². The summed E-state index contributed by atoms with van der Waals surface area (Å²) >= 11 is 0. The predicted molar refractivity (Wildman–Crippen MR) is 127 cm³/mol. The molecule has 0 amide bonds. The molecule has 0 spiro atoms. The molecule has 33 heavy (non-hydrogen) atoms. The normalized spacial score (nSPS) is 21.5. The fourth-order valence-corrected chi connectivity index (χ4v) is 4.72. The minimum atomic E-state index is -4.13. The zero-order chi connectivity index (χ0) is 24.0. The lowest BCUT2D eigenvalue weighted by molar-refractivity contribution is -0.147. The Morgan fingerprint density at radius 1 is 0.939 bits per heavy atom. The molecule has 2 fully saturated rings. The van der Waals surface area contributed by atoms with Gasteiger partial charge in [-0.3, -0.25) is 4.90 Å². The zero-order valence-electron chi connectivity index (χ0n) is 20.1. The van der Waals surface area contributed by atoms with Gasteiger partial charge in [-0.05, 0) is 88.6 Å². The molecular weight excluding hydrogens is 426 g/mol. The SMILES string of the molecule is Cc1ccc(-c2ccc(C3CCN(CC(F)(F)F)CC3)cc2)c(B2OC(C)(C)C(C)(C)O2)c1. The number of rotatable bonds is 4. The van der Waals surface area contributed by atoms with Gasteiger partial charge in [0.2, 0.25) is 0 Å². The molecule has 0 bridgehead atoms. The maximum atomic E-state index is 12.7. The molecule has 7 heteroatoms. The van der Waals surface area contributed by atoms with Crippen molar-refractivity contribution >= 4 is 12.6 Å². The molecular formula is C26H33BF3NO2. The molecule has 2 heterocycles. The van der Waals surface area contributed by atoms with Crippen LogP contribution in [0.2, 0.25) is 0 Å². The number of halogens is 3. The fraction of sp³-hybridized carbons (Fsp3) is 0.538. The van der Waals surface area contributed by atoms with Crippen LogP contribution in [-0.4, -0.2) is 49.0 Å². The van der Waals surface area contributed by atoms with Crippen molar-refractivity contribution in [2.75, 3.05) is 19.6 Å². The highest BCUT2D eigenvalue weighted by atomic mass is 19.4. The fourth-order valence-electron chi connectivity index (χ4n) is 4.72. The third-order valence-corrected chi connectivity index (χ3v) is 7.40. The average Bonchev–Trinajstić information content (AvgIpc) is 2.95. The first kappa shape index (κ1) is 24.3. The molecule has 0 saturated carbocycles. The highest BCUT2D eigenvalue weighted by molar-refractivity contribution is 6.64. The number of likely N-dealkylation sites (tertiary alicyclic amines) is 1. The smallest absolute Gasteiger partial charge is 0.399 e. The molecule has 0 radical (unpaired) electrons. The van der Waals surface area contributed by atoms with Crippen molar-refractivity contribution in [3.63, 3.8) is 0 Å². The van der Waals surface area contributed by atoms with Gasteiger partial charge in [0, 0.05) is 0 Å². The molecule has 0 aliphatic carbocycles. The number of hydrogen-bond acceptors (Lipinski definition) is 3. The van der Waals surface area contributed by atoms with Crippen LogP contribution in [0.5, 0.6) is 0 Å². The summed E-state index contributed by atoms with van der Waals surface area (Å²) < 4.78 is 50.6. The summed E-state index contributed by atoms with van der Waals surface area (Å²) in [5.41, 5.74) is 4.68. The predicted octanol–water partition coefficient (Wildman–Crippen LogP) is 5.70. The molecule has 3 nitrogen and oxygen atoms in total. The van der Waals surface area contributed by atoms with Gasteiger partial charge in [0.05, 0.1) is 17.7 Å². The third kappa shape index (κ3) is 5.31. The van der Waals surface area contributed by atoms with Gasteiger partial charge in [0.1, 0.15) is 0 Å². The second kappa shape index (κ2) is 8.75. The zero-order valence-corrected chi connectivity index (χ0v) is 20.1. The lowest BCUT2D eigenvalue weighted by Crippen LogP contribution is -2.41. The summed E-state index contributed by atoms with van der Waals surface area (Å²) in [6, 6.07) is 14.8. The van der Waals surface area contributed by atoms with Crippen LogP contribution in [0.25, 0.3) is 11.1 Å². The molecule has 0 aromatic heterocycles. The van der Waals surface area contributed by atoms with Crippen molar-refractivity contribution in [2.45, 2.75) is 70.8 Å².